The van der Waals surface area contributed by atoms with Crippen LogP contribution in [0.2, 0.25) is 0 Å². The summed E-state index contributed by atoms with van der Waals surface area (Å²) in [4.78, 5) is 27.3. The second-order valence-corrected chi connectivity index (χ2v) is 6.32. The van der Waals surface area contributed by atoms with Crippen molar-refractivity contribution >= 4 is 33.5 Å². The van der Waals surface area contributed by atoms with Crippen molar-refractivity contribution in [1.82, 2.24) is 9.80 Å². The fourth-order valence-corrected chi connectivity index (χ4v) is 2.90. The first kappa shape index (κ1) is 16.5. The van der Waals surface area contributed by atoms with Crippen LogP contribution < -0.4 is 0 Å². The van der Waals surface area contributed by atoms with Crippen molar-refractivity contribution in [2.24, 2.45) is 0 Å². The van der Waals surface area contributed by atoms with Gasteiger partial charge in [-0.05, 0) is 20.0 Å². The summed E-state index contributed by atoms with van der Waals surface area (Å²) in [7, 11) is 5.33. The Hall–Kier alpha value is -1.86. The molecule has 0 saturated carbocycles. The standard InChI is InChI=1S/C15H20N2O4S/c1-5-20-15(19)13-7-11-12(22-13)6-10(21-11)8-17(4)9-14(18)16(2)3/h6-7H,5,8-9H2,1-4H3. The number of rotatable bonds is 6. The summed E-state index contributed by atoms with van der Waals surface area (Å²) in [6, 6.07) is 3.60. The molecule has 0 bridgehead atoms. The smallest absolute Gasteiger partial charge is 0.348 e. The fourth-order valence-electron chi connectivity index (χ4n) is 1.96. The summed E-state index contributed by atoms with van der Waals surface area (Å²) >= 11 is 1.35. The Morgan fingerprint density at radius 3 is 2.59 bits per heavy atom. The average molecular weight is 324 g/mol. The third-order valence-corrected chi connectivity index (χ3v) is 4.11. The van der Waals surface area contributed by atoms with E-state index in [9.17, 15) is 9.59 Å². The Bertz CT molecular complexity index is 643. The maximum absolute atomic E-state index is 11.7. The topological polar surface area (TPSA) is 63.0 Å². The van der Waals surface area contributed by atoms with Gasteiger partial charge in [0.1, 0.15) is 16.2 Å². The van der Waals surface area contributed by atoms with E-state index in [4.69, 9.17) is 9.15 Å². The minimum Gasteiger partial charge on any atom is -0.462 e. The van der Waals surface area contributed by atoms with Crippen LogP contribution in [0, 0.1) is 0 Å². The molecule has 0 fully saturated rings. The van der Waals surface area contributed by atoms with Gasteiger partial charge in [0.2, 0.25) is 5.91 Å². The molecule has 2 heterocycles. The molecule has 0 spiro atoms. The van der Waals surface area contributed by atoms with Crippen molar-refractivity contribution in [1.29, 1.82) is 0 Å². The molecule has 0 unspecified atom stereocenters. The fraction of sp³-hybridized carbons (Fsp3) is 0.467. The van der Waals surface area contributed by atoms with E-state index in [1.807, 2.05) is 18.0 Å². The number of fused-ring (bicyclic) bond motifs is 1. The van der Waals surface area contributed by atoms with Crippen LogP contribution in [0.3, 0.4) is 0 Å². The highest BCUT2D eigenvalue weighted by Gasteiger charge is 2.16. The number of esters is 1. The number of amides is 1. The quantitative estimate of drug-likeness (QED) is 0.762. The van der Waals surface area contributed by atoms with Crippen molar-refractivity contribution in [2.75, 3.05) is 34.3 Å². The van der Waals surface area contributed by atoms with E-state index in [-0.39, 0.29) is 11.9 Å². The van der Waals surface area contributed by atoms with E-state index >= 15 is 0 Å². The molecule has 7 heteroatoms. The second-order valence-electron chi connectivity index (χ2n) is 5.23. The lowest BCUT2D eigenvalue weighted by molar-refractivity contribution is -0.129. The van der Waals surface area contributed by atoms with Gasteiger partial charge in [-0.3, -0.25) is 9.69 Å². The Morgan fingerprint density at radius 2 is 2.00 bits per heavy atom. The molecule has 120 valence electrons. The zero-order valence-corrected chi connectivity index (χ0v) is 14.0. The largest absolute Gasteiger partial charge is 0.462 e. The third-order valence-electron chi connectivity index (χ3n) is 3.06. The van der Waals surface area contributed by atoms with E-state index in [0.29, 0.717) is 30.2 Å². The molecular weight excluding hydrogens is 304 g/mol. The van der Waals surface area contributed by atoms with Crippen LogP contribution in [0.1, 0.15) is 22.4 Å². The van der Waals surface area contributed by atoms with Crippen molar-refractivity contribution < 1.29 is 18.7 Å². The molecule has 22 heavy (non-hydrogen) atoms. The highest BCUT2D eigenvalue weighted by atomic mass is 32.1. The summed E-state index contributed by atoms with van der Waals surface area (Å²) in [5, 5.41) is 0. The van der Waals surface area contributed by atoms with E-state index < -0.39 is 0 Å². The number of thiophene rings is 1. The van der Waals surface area contributed by atoms with Gasteiger partial charge in [0, 0.05) is 20.2 Å². The summed E-state index contributed by atoms with van der Waals surface area (Å²) in [6.45, 7) is 3.00. The highest BCUT2D eigenvalue weighted by Crippen LogP contribution is 2.29. The van der Waals surface area contributed by atoms with E-state index in [1.54, 1.807) is 32.0 Å². The number of furan rings is 1. The second kappa shape index (κ2) is 6.93. The average Bonchev–Trinajstić information content (AvgIpc) is 2.96. The Labute approximate surface area is 133 Å². The van der Waals surface area contributed by atoms with Crippen molar-refractivity contribution in [3.05, 3.63) is 22.8 Å². The van der Waals surface area contributed by atoms with Gasteiger partial charge in [0.15, 0.2) is 0 Å². The summed E-state index contributed by atoms with van der Waals surface area (Å²) in [5.74, 6) is 0.486. The van der Waals surface area contributed by atoms with Gasteiger partial charge in [-0.2, -0.15) is 0 Å². The van der Waals surface area contributed by atoms with Gasteiger partial charge in [-0.1, -0.05) is 0 Å². The molecule has 0 aliphatic heterocycles. The Balaban J connectivity index is 2.03. The molecule has 0 atom stereocenters. The van der Waals surface area contributed by atoms with Crippen LogP contribution in [0.5, 0.6) is 0 Å². The first-order valence-corrected chi connectivity index (χ1v) is 7.80. The first-order chi connectivity index (χ1) is 10.4. The monoisotopic (exact) mass is 324 g/mol. The van der Waals surface area contributed by atoms with Gasteiger partial charge in [0.05, 0.1) is 24.4 Å². The van der Waals surface area contributed by atoms with Gasteiger partial charge in [-0.15, -0.1) is 11.3 Å². The van der Waals surface area contributed by atoms with Crippen LogP contribution in [-0.2, 0) is 16.1 Å². The molecule has 0 saturated heterocycles. The molecule has 2 rings (SSSR count). The molecule has 0 aliphatic rings. The molecule has 6 nitrogen and oxygen atoms in total. The zero-order chi connectivity index (χ0) is 16.3. The lowest BCUT2D eigenvalue weighted by Gasteiger charge is -2.17. The Kier molecular flexibility index (Phi) is 5.20. The van der Waals surface area contributed by atoms with E-state index in [1.165, 1.54) is 11.3 Å². The SMILES string of the molecule is CCOC(=O)c1cc2oc(CN(C)CC(=O)N(C)C)cc2s1. The lowest BCUT2D eigenvalue weighted by Crippen LogP contribution is -2.33. The van der Waals surface area contributed by atoms with Gasteiger partial charge >= 0.3 is 5.97 Å². The maximum atomic E-state index is 11.7. The van der Waals surface area contributed by atoms with Crippen LogP contribution in [0.25, 0.3) is 10.3 Å². The minimum atomic E-state index is -0.325. The Morgan fingerprint density at radius 1 is 1.27 bits per heavy atom. The van der Waals surface area contributed by atoms with Crippen molar-refractivity contribution in [3.8, 4) is 0 Å². The predicted molar refractivity (Wildman–Crippen MR) is 85.1 cm³/mol. The normalized spacial score (nSPS) is 11.1. The van der Waals surface area contributed by atoms with Crippen LogP contribution >= 0.6 is 11.3 Å². The number of carbonyl (C=O) groups is 2. The maximum Gasteiger partial charge on any atom is 0.348 e. The zero-order valence-electron chi connectivity index (χ0n) is 13.2. The van der Waals surface area contributed by atoms with Crippen LogP contribution in [0.4, 0.5) is 0 Å². The molecule has 2 aromatic rings. The van der Waals surface area contributed by atoms with Gasteiger partial charge < -0.3 is 14.1 Å². The minimum absolute atomic E-state index is 0.0421. The number of likely N-dealkylation sites (N-methyl/N-ethyl adjacent to an activating group) is 2. The molecule has 2 aromatic heterocycles. The van der Waals surface area contributed by atoms with Crippen LogP contribution in [0.15, 0.2) is 16.5 Å². The van der Waals surface area contributed by atoms with Gasteiger partial charge in [0.25, 0.3) is 0 Å². The van der Waals surface area contributed by atoms with Gasteiger partial charge in [-0.25, -0.2) is 4.79 Å². The number of ether oxygens (including phenoxy) is 1. The van der Waals surface area contributed by atoms with Crippen molar-refractivity contribution in [3.63, 3.8) is 0 Å². The van der Waals surface area contributed by atoms with Crippen molar-refractivity contribution in [2.45, 2.75) is 13.5 Å². The summed E-state index contributed by atoms with van der Waals surface area (Å²) < 4.78 is 11.6. The predicted octanol–water partition coefficient (Wildman–Crippen LogP) is 2.19. The molecule has 0 aromatic carbocycles. The first-order valence-electron chi connectivity index (χ1n) is 6.98. The number of hydrogen-bond acceptors (Lipinski definition) is 6. The molecule has 0 N–H and O–H groups in total. The number of nitrogens with zero attached hydrogens (tertiary/aromatic N) is 2. The molecule has 0 aliphatic carbocycles. The van der Waals surface area contributed by atoms with Crippen LogP contribution in [-0.4, -0.2) is 56.0 Å². The number of hydrogen-bond donors (Lipinski definition) is 0. The summed E-state index contributed by atoms with van der Waals surface area (Å²) in [6.07, 6.45) is 0. The molecule has 1 amide bonds. The van der Waals surface area contributed by atoms with E-state index in [2.05, 4.69) is 0 Å². The molecule has 0 radical (unpaired) electrons. The lowest BCUT2D eigenvalue weighted by atomic mass is 10.4. The highest BCUT2D eigenvalue weighted by molar-refractivity contribution is 7.20. The molecular formula is C15H20N2O4S. The summed E-state index contributed by atoms with van der Waals surface area (Å²) in [5.41, 5.74) is 0.676. The third kappa shape index (κ3) is 3.86. The number of carbonyl (C=O) groups excluding carboxylic acids is 2. The van der Waals surface area contributed by atoms with E-state index in [0.717, 1.165) is 10.5 Å².